The van der Waals surface area contributed by atoms with E-state index in [2.05, 4.69) is 15.6 Å². The van der Waals surface area contributed by atoms with Crippen molar-refractivity contribution in [2.75, 3.05) is 12.4 Å². The molecule has 0 aliphatic rings. The average molecular weight is 368 g/mol. The largest absolute Gasteiger partial charge is 0.497 e. The molecule has 3 aromatic rings. The zero-order chi connectivity index (χ0) is 18.4. The van der Waals surface area contributed by atoms with Gasteiger partial charge in [0.15, 0.2) is 0 Å². The van der Waals surface area contributed by atoms with Gasteiger partial charge in [0.25, 0.3) is 5.91 Å². The lowest BCUT2D eigenvalue weighted by molar-refractivity contribution is 0.0946. The summed E-state index contributed by atoms with van der Waals surface area (Å²) < 4.78 is 5.11. The van der Waals surface area contributed by atoms with Crippen molar-refractivity contribution >= 4 is 28.9 Å². The van der Waals surface area contributed by atoms with Crippen LogP contribution >= 0.6 is 11.6 Å². The van der Waals surface area contributed by atoms with Crippen molar-refractivity contribution in [3.8, 4) is 5.75 Å². The summed E-state index contributed by atoms with van der Waals surface area (Å²) in [6.45, 7) is 0.421. The number of para-hydroxylation sites is 1. The first kappa shape index (κ1) is 17.8. The quantitative estimate of drug-likeness (QED) is 0.677. The second-order valence-electron chi connectivity index (χ2n) is 5.57. The van der Waals surface area contributed by atoms with Crippen molar-refractivity contribution in [1.82, 2.24) is 10.3 Å². The Hall–Kier alpha value is -3.05. The maximum Gasteiger partial charge on any atom is 0.270 e. The van der Waals surface area contributed by atoms with Gasteiger partial charge in [-0.15, -0.1) is 0 Å². The number of hydrogen-bond donors (Lipinski definition) is 2. The average Bonchev–Trinajstić information content (AvgIpc) is 2.69. The Balaban J connectivity index is 1.58. The van der Waals surface area contributed by atoms with Crippen molar-refractivity contribution in [3.05, 3.63) is 83.1 Å². The molecule has 0 atom stereocenters. The maximum absolute atomic E-state index is 12.2. The number of benzene rings is 2. The van der Waals surface area contributed by atoms with E-state index in [4.69, 9.17) is 16.3 Å². The second kappa shape index (κ2) is 8.36. The molecule has 0 saturated heterocycles. The minimum atomic E-state index is -0.231. The Morgan fingerprint density at radius 3 is 2.50 bits per heavy atom. The van der Waals surface area contributed by atoms with Crippen molar-refractivity contribution < 1.29 is 9.53 Å². The molecular weight excluding hydrogens is 350 g/mol. The van der Waals surface area contributed by atoms with Crippen LogP contribution in [0.5, 0.6) is 5.75 Å². The molecule has 6 heteroatoms. The number of carbonyl (C=O) groups is 1. The summed E-state index contributed by atoms with van der Waals surface area (Å²) in [4.78, 5) is 16.4. The van der Waals surface area contributed by atoms with Gasteiger partial charge in [0.05, 0.1) is 29.7 Å². The van der Waals surface area contributed by atoms with Crippen molar-refractivity contribution in [2.45, 2.75) is 6.54 Å². The van der Waals surface area contributed by atoms with Crippen LogP contribution < -0.4 is 15.4 Å². The highest BCUT2D eigenvalue weighted by atomic mass is 35.5. The van der Waals surface area contributed by atoms with Gasteiger partial charge in [0.1, 0.15) is 11.4 Å². The van der Waals surface area contributed by atoms with Crippen molar-refractivity contribution in [2.24, 2.45) is 0 Å². The second-order valence-corrected chi connectivity index (χ2v) is 5.97. The summed E-state index contributed by atoms with van der Waals surface area (Å²) in [5, 5.41) is 6.64. The third-order valence-electron chi connectivity index (χ3n) is 3.76. The van der Waals surface area contributed by atoms with Crippen molar-refractivity contribution in [3.63, 3.8) is 0 Å². The van der Waals surface area contributed by atoms with E-state index in [0.29, 0.717) is 17.3 Å². The fourth-order valence-corrected chi connectivity index (χ4v) is 2.52. The van der Waals surface area contributed by atoms with E-state index in [-0.39, 0.29) is 5.91 Å². The molecule has 0 saturated carbocycles. The molecule has 0 unspecified atom stereocenters. The lowest BCUT2D eigenvalue weighted by Gasteiger charge is -2.09. The first-order valence-electron chi connectivity index (χ1n) is 8.04. The van der Waals surface area contributed by atoms with Crippen molar-refractivity contribution in [1.29, 1.82) is 0 Å². The standard InChI is InChI=1S/C20H18ClN3O2/c1-26-16-9-6-14(7-10-16)12-23-20(25)19-11-8-15(13-22-19)24-18-5-3-2-4-17(18)21/h2-11,13,24H,12H2,1H3,(H,23,25). The SMILES string of the molecule is COc1ccc(CNC(=O)c2ccc(Nc3ccccc3Cl)cn2)cc1. The summed E-state index contributed by atoms with van der Waals surface area (Å²) in [5.41, 5.74) is 2.87. The van der Waals surface area contributed by atoms with E-state index in [1.807, 2.05) is 42.5 Å². The molecule has 0 bridgehead atoms. The predicted molar refractivity (Wildman–Crippen MR) is 103 cm³/mol. The first-order chi connectivity index (χ1) is 12.7. The molecule has 0 aliphatic heterocycles. The molecule has 2 aromatic carbocycles. The molecule has 26 heavy (non-hydrogen) atoms. The van der Waals surface area contributed by atoms with Gasteiger partial charge in [0, 0.05) is 6.54 Å². The lowest BCUT2D eigenvalue weighted by Crippen LogP contribution is -2.23. The number of carbonyl (C=O) groups excluding carboxylic acids is 1. The van der Waals surface area contributed by atoms with E-state index in [1.165, 1.54) is 0 Å². The van der Waals surface area contributed by atoms with Gasteiger partial charge in [-0.2, -0.15) is 0 Å². The molecule has 2 N–H and O–H groups in total. The molecule has 5 nitrogen and oxygen atoms in total. The Morgan fingerprint density at radius 2 is 1.85 bits per heavy atom. The number of rotatable bonds is 6. The summed E-state index contributed by atoms with van der Waals surface area (Å²) in [6.07, 6.45) is 1.60. The molecule has 1 amide bonds. The smallest absolute Gasteiger partial charge is 0.270 e. The zero-order valence-corrected chi connectivity index (χ0v) is 15.0. The number of nitrogens with one attached hydrogen (secondary N) is 2. The minimum Gasteiger partial charge on any atom is -0.497 e. The van der Waals surface area contributed by atoms with E-state index >= 15 is 0 Å². The van der Waals surface area contributed by atoms with Crippen LogP contribution in [0.4, 0.5) is 11.4 Å². The Kier molecular flexibility index (Phi) is 5.71. The minimum absolute atomic E-state index is 0.231. The highest BCUT2D eigenvalue weighted by molar-refractivity contribution is 6.33. The zero-order valence-electron chi connectivity index (χ0n) is 14.2. The van der Waals surface area contributed by atoms with E-state index in [1.54, 1.807) is 31.5 Å². The summed E-state index contributed by atoms with van der Waals surface area (Å²) >= 11 is 6.12. The molecule has 132 valence electrons. The Labute approximate surface area is 157 Å². The predicted octanol–water partition coefficient (Wildman–Crippen LogP) is 4.42. The first-order valence-corrected chi connectivity index (χ1v) is 8.42. The highest BCUT2D eigenvalue weighted by Crippen LogP contribution is 2.24. The number of ether oxygens (including phenoxy) is 1. The number of halogens is 1. The van der Waals surface area contributed by atoms with E-state index in [0.717, 1.165) is 22.7 Å². The highest BCUT2D eigenvalue weighted by Gasteiger charge is 2.07. The van der Waals surface area contributed by atoms with Crippen LogP contribution in [0.1, 0.15) is 16.1 Å². The molecule has 3 rings (SSSR count). The van der Waals surface area contributed by atoms with Gasteiger partial charge in [-0.3, -0.25) is 4.79 Å². The molecule has 0 spiro atoms. The number of aromatic nitrogens is 1. The van der Waals surface area contributed by atoms with Crippen LogP contribution in [0.3, 0.4) is 0 Å². The molecule has 1 heterocycles. The van der Waals surface area contributed by atoms with Gasteiger partial charge in [-0.1, -0.05) is 35.9 Å². The van der Waals surface area contributed by atoms with Crippen LogP contribution in [0.2, 0.25) is 5.02 Å². The fourth-order valence-electron chi connectivity index (χ4n) is 2.34. The molecule has 0 fully saturated rings. The number of anilines is 2. The van der Waals surface area contributed by atoms with E-state index in [9.17, 15) is 4.79 Å². The van der Waals surface area contributed by atoms with Gasteiger partial charge in [0.2, 0.25) is 0 Å². The van der Waals surface area contributed by atoms with Crippen LogP contribution in [0, 0.1) is 0 Å². The Morgan fingerprint density at radius 1 is 1.08 bits per heavy atom. The van der Waals surface area contributed by atoms with Crippen LogP contribution in [-0.4, -0.2) is 18.0 Å². The van der Waals surface area contributed by atoms with Crippen LogP contribution in [0.25, 0.3) is 0 Å². The normalized spacial score (nSPS) is 10.2. The van der Waals surface area contributed by atoms with Crippen LogP contribution in [-0.2, 0) is 6.54 Å². The monoisotopic (exact) mass is 367 g/mol. The van der Waals surface area contributed by atoms with Crippen LogP contribution in [0.15, 0.2) is 66.9 Å². The fraction of sp³-hybridized carbons (Fsp3) is 0.100. The molecule has 0 aliphatic carbocycles. The van der Waals surface area contributed by atoms with Gasteiger partial charge in [-0.25, -0.2) is 4.98 Å². The molecule has 1 aromatic heterocycles. The molecular formula is C20H18ClN3O2. The maximum atomic E-state index is 12.2. The summed E-state index contributed by atoms with van der Waals surface area (Å²) in [7, 11) is 1.62. The third-order valence-corrected chi connectivity index (χ3v) is 4.09. The summed E-state index contributed by atoms with van der Waals surface area (Å²) in [6, 6.07) is 18.4. The summed E-state index contributed by atoms with van der Waals surface area (Å²) in [5.74, 6) is 0.550. The Bertz CT molecular complexity index is 880. The topological polar surface area (TPSA) is 63.2 Å². The van der Waals surface area contributed by atoms with Gasteiger partial charge >= 0.3 is 0 Å². The molecule has 0 radical (unpaired) electrons. The lowest BCUT2D eigenvalue weighted by atomic mass is 10.2. The number of amides is 1. The van der Waals surface area contributed by atoms with E-state index < -0.39 is 0 Å². The number of methoxy groups -OCH3 is 1. The van der Waals surface area contributed by atoms with Gasteiger partial charge in [-0.05, 0) is 42.0 Å². The van der Waals surface area contributed by atoms with Gasteiger partial charge < -0.3 is 15.4 Å². The number of pyridine rings is 1. The third kappa shape index (κ3) is 4.52. The number of hydrogen-bond acceptors (Lipinski definition) is 4. The number of nitrogens with zero attached hydrogens (tertiary/aromatic N) is 1.